The minimum atomic E-state index is 0.362. The lowest BCUT2D eigenvalue weighted by molar-refractivity contribution is 0.301. The molecular formula is C19H20N2OS. The van der Waals surface area contributed by atoms with Crippen LogP contribution in [0.5, 0.6) is 5.75 Å². The molecule has 1 N–H and O–H groups in total. The van der Waals surface area contributed by atoms with Crippen molar-refractivity contribution in [2.45, 2.75) is 26.1 Å². The number of hydrogen-bond acceptors (Lipinski definition) is 4. The van der Waals surface area contributed by atoms with E-state index in [2.05, 4.69) is 46.2 Å². The van der Waals surface area contributed by atoms with Gasteiger partial charge >= 0.3 is 0 Å². The smallest absolute Gasteiger partial charge is 0.130 e. The average molecular weight is 324 g/mol. The van der Waals surface area contributed by atoms with Crippen LogP contribution in [0, 0.1) is 0 Å². The van der Waals surface area contributed by atoms with Gasteiger partial charge in [0.05, 0.1) is 5.69 Å². The van der Waals surface area contributed by atoms with Gasteiger partial charge in [0.2, 0.25) is 0 Å². The molecule has 3 nitrogen and oxygen atoms in total. The molecule has 4 heteroatoms. The Morgan fingerprint density at radius 3 is 2.70 bits per heavy atom. The first-order chi connectivity index (χ1) is 11.3. The van der Waals surface area contributed by atoms with Crippen LogP contribution in [0.3, 0.4) is 0 Å². The SMILES string of the molecule is C[C@H](NCc1ccc(OCc2ccccn2)cc1)c1ccsc1. The van der Waals surface area contributed by atoms with E-state index in [4.69, 9.17) is 4.74 Å². The molecule has 0 aliphatic carbocycles. The van der Waals surface area contributed by atoms with Gasteiger partial charge in [0.15, 0.2) is 0 Å². The third kappa shape index (κ3) is 4.65. The summed E-state index contributed by atoms with van der Waals surface area (Å²) in [6.07, 6.45) is 1.78. The molecule has 1 aromatic carbocycles. The number of thiophene rings is 1. The van der Waals surface area contributed by atoms with Crippen LogP contribution in [0.1, 0.15) is 29.8 Å². The Morgan fingerprint density at radius 1 is 1.13 bits per heavy atom. The number of benzene rings is 1. The molecule has 0 radical (unpaired) electrons. The molecule has 3 aromatic rings. The molecule has 118 valence electrons. The molecule has 0 bridgehead atoms. The van der Waals surface area contributed by atoms with Crippen LogP contribution in [0.2, 0.25) is 0 Å². The minimum Gasteiger partial charge on any atom is -0.487 e. The number of nitrogens with one attached hydrogen (secondary N) is 1. The number of nitrogens with zero attached hydrogens (tertiary/aromatic N) is 1. The van der Waals surface area contributed by atoms with Crippen molar-refractivity contribution in [1.82, 2.24) is 10.3 Å². The van der Waals surface area contributed by atoms with Crippen molar-refractivity contribution >= 4 is 11.3 Å². The number of ether oxygens (including phenoxy) is 1. The molecule has 0 aliphatic heterocycles. The van der Waals surface area contributed by atoms with Crippen molar-refractivity contribution in [2.24, 2.45) is 0 Å². The molecular weight excluding hydrogens is 304 g/mol. The predicted octanol–water partition coefficient (Wildman–Crippen LogP) is 4.57. The summed E-state index contributed by atoms with van der Waals surface area (Å²) in [6.45, 7) is 3.53. The minimum absolute atomic E-state index is 0.362. The Morgan fingerprint density at radius 2 is 2.00 bits per heavy atom. The van der Waals surface area contributed by atoms with Crippen LogP contribution in [0.4, 0.5) is 0 Å². The molecule has 0 aliphatic rings. The summed E-state index contributed by atoms with van der Waals surface area (Å²) in [6, 6.07) is 16.6. The zero-order chi connectivity index (χ0) is 15.9. The van der Waals surface area contributed by atoms with Crippen molar-refractivity contribution < 1.29 is 4.74 Å². The maximum absolute atomic E-state index is 5.75. The van der Waals surface area contributed by atoms with Crippen molar-refractivity contribution in [3.8, 4) is 5.75 Å². The molecule has 0 amide bonds. The second kappa shape index (κ2) is 7.90. The van der Waals surface area contributed by atoms with E-state index < -0.39 is 0 Å². The maximum Gasteiger partial charge on any atom is 0.130 e. The van der Waals surface area contributed by atoms with Crippen LogP contribution < -0.4 is 10.1 Å². The summed E-state index contributed by atoms with van der Waals surface area (Å²) in [5.41, 5.74) is 3.52. The van der Waals surface area contributed by atoms with E-state index in [1.807, 2.05) is 30.3 Å². The van der Waals surface area contributed by atoms with Crippen molar-refractivity contribution in [3.05, 3.63) is 82.3 Å². The highest BCUT2D eigenvalue weighted by Crippen LogP contribution is 2.17. The highest BCUT2D eigenvalue weighted by atomic mass is 32.1. The van der Waals surface area contributed by atoms with Gasteiger partial charge in [-0.2, -0.15) is 11.3 Å². The molecule has 23 heavy (non-hydrogen) atoms. The van der Waals surface area contributed by atoms with Crippen LogP contribution in [-0.4, -0.2) is 4.98 Å². The van der Waals surface area contributed by atoms with Crippen LogP contribution >= 0.6 is 11.3 Å². The maximum atomic E-state index is 5.75. The fourth-order valence-electron chi connectivity index (χ4n) is 2.25. The average Bonchev–Trinajstić information content (AvgIpc) is 3.14. The van der Waals surface area contributed by atoms with E-state index in [0.717, 1.165) is 18.0 Å². The first kappa shape index (κ1) is 15.7. The second-order valence-electron chi connectivity index (χ2n) is 5.41. The van der Waals surface area contributed by atoms with E-state index >= 15 is 0 Å². The standard InChI is InChI=1S/C19H20N2OS/c1-15(17-9-11-23-14-17)21-12-16-5-7-19(8-6-16)22-13-18-4-2-3-10-20-18/h2-11,14-15,21H,12-13H2,1H3/t15-/m0/s1. The predicted molar refractivity (Wildman–Crippen MR) is 94.6 cm³/mol. The molecule has 1 atom stereocenters. The van der Waals surface area contributed by atoms with E-state index in [0.29, 0.717) is 12.6 Å². The van der Waals surface area contributed by atoms with Gasteiger partial charge in [0.1, 0.15) is 12.4 Å². The van der Waals surface area contributed by atoms with E-state index in [-0.39, 0.29) is 0 Å². The summed E-state index contributed by atoms with van der Waals surface area (Å²) in [4.78, 5) is 4.25. The Labute approximate surface area is 141 Å². The lowest BCUT2D eigenvalue weighted by atomic mass is 10.1. The van der Waals surface area contributed by atoms with Crippen molar-refractivity contribution in [2.75, 3.05) is 0 Å². The molecule has 3 rings (SSSR count). The molecule has 0 saturated carbocycles. The Hall–Kier alpha value is -2.17. The zero-order valence-electron chi connectivity index (χ0n) is 13.1. The van der Waals surface area contributed by atoms with Gasteiger partial charge in [-0.05, 0) is 59.1 Å². The molecule has 2 heterocycles. The Bertz CT molecular complexity index is 696. The lowest BCUT2D eigenvalue weighted by Gasteiger charge is -2.13. The number of pyridine rings is 1. The molecule has 2 aromatic heterocycles. The molecule has 0 spiro atoms. The summed E-state index contributed by atoms with van der Waals surface area (Å²) in [5, 5.41) is 7.83. The van der Waals surface area contributed by atoms with Crippen LogP contribution in [0.25, 0.3) is 0 Å². The third-order valence-corrected chi connectivity index (χ3v) is 4.39. The van der Waals surface area contributed by atoms with E-state index in [1.54, 1.807) is 17.5 Å². The topological polar surface area (TPSA) is 34.1 Å². The third-order valence-electron chi connectivity index (χ3n) is 3.69. The van der Waals surface area contributed by atoms with Gasteiger partial charge < -0.3 is 10.1 Å². The number of aromatic nitrogens is 1. The fourth-order valence-corrected chi connectivity index (χ4v) is 3.01. The fraction of sp³-hybridized carbons (Fsp3) is 0.211. The first-order valence-electron chi connectivity index (χ1n) is 7.68. The quantitative estimate of drug-likeness (QED) is 0.691. The second-order valence-corrected chi connectivity index (χ2v) is 6.19. The van der Waals surface area contributed by atoms with Crippen LogP contribution in [-0.2, 0) is 13.2 Å². The number of hydrogen-bond donors (Lipinski definition) is 1. The van der Waals surface area contributed by atoms with Gasteiger partial charge in [0, 0.05) is 18.8 Å². The monoisotopic (exact) mass is 324 g/mol. The first-order valence-corrected chi connectivity index (χ1v) is 8.62. The Kier molecular flexibility index (Phi) is 5.40. The van der Waals surface area contributed by atoms with Crippen LogP contribution in [0.15, 0.2) is 65.5 Å². The Balaban J connectivity index is 1.49. The lowest BCUT2D eigenvalue weighted by Crippen LogP contribution is -2.17. The van der Waals surface area contributed by atoms with Crippen molar-refractivity contribution in [3.63, 3.8) is 0 Å². The molecule has 0 unspecified atom stereocenters. The summed E-state index contributed by atoms with van der Waals surface area (Å²) >= 11 is 1.73. The number of rotatable bonds is 7. The van der Waals surface area contributed by atoms with Crippen molar-refractivity contribution in [1.29, 1.82) is 0 Å². The largest absolute Gasteiger partial charge is 0.487 e. The van der Waals surface area contributed by atoms with E-state index in [9.17, 15) is 0 Å². The molecule has 0 fully saturated rings. The summed E-state index contributed by atoms with van der Waals surface area (Å²) in [7, 11) is 0. The normalized spacial score (nSPS) is 12.0. The highest BCUT2D eigenvalue weighted by molar-refractivity contribution is 7.07. The zero-order valence-corrected chi connectivity index (χ0v) is 13.9. The van der Waals surface area contributed by atoms with Gasteiger partial charge in [-0.15, -0.1) is 0 Å². The molecule has 0 saturated heterocycles. The van der Waals surface area contributed by atoms with Gasteiger partial charge in [-0.25, -0.2) is 0 Å². The highest BCUT2D eigenvalue weighted by Gasteiger charge is 2.05. The van der Waals surface area contributed by atoms with Gasteiger partial charge in [0.25, 0.3) is 0 Å². The van der Waals surface area contributed by atoms with E-state index in [1.165, 1.54) is 11.1 Å². The van der Waals surface area contributed by atoms with Gasteiger partial charge in [-0.1, -0.05) is 18.2 Å². The summed E-state index contributed by atoms with van der Waals surface area (Å²) in [5.74, 6) is 0.866. The van der Waals surface area contributed by atoms with Gasteiger partial charge in [-0.3, -0.25) is 4.98 Å². The summed E-state index contributed by atoms with van der Waals surface area (Å²) < 4.78 is 5.75.